The lowest BCUT2D eigenvalue weighted by Gasteiger charge is -2.21. The highest BCUT2D eigenvalue weighted by Gasteiger charge is 2.30. The number of aryl methyl sites for hydroxylation is 2. The van der Waals surface area contributed by atoms with Crippen LogP contribution < -0.4 is 15.1 Å². The Morgan fingerprint density at radius 3 is 2.41 bits per heavy atom. The van der Waals surface area contributed by atoms with E-state index in [1.807, 2.05) is 12.1 Å². The molecule has 0 saturated carbocycles. The lowest BCUT2D eigenvalue weighted by atomic mass is 10.0. The second-order valence-electron chi connectivity index (χ2n) is 8.69. The molecule has 1 aromatic heterocycles. The first-order valence-corrected chi connectivity index (χ1v) is 12.6. The number of rotatable bonds is 8. The summed E-state index contributed by atoms with van der Waals surface area (Å²) < 4.78 is 44.0. The molecule has 0 saturated heterocycles. The fourth-order valence-electron chi connectivity index (χ4n) is 4.10. The number of benzene rings is 2. The van der Waals surface area contributed by atoms with Crippen molar-refractivity contribution in [2.45, 2.75) is 50.7 Å². The maximum absolute atomic E-state index is 12.9. The monoisotopic (exact) mass is 485 g/mol. The molecule has 1 aliphatic carbocycles. The van der Waals surface area contributed by atoms with E-state index in [1.54, 1.807) is 13.8 Å². The molecule has 4 rings (SSSR count). The fraction of sp³-hybridized carbons (Fsp3) is 0.360. The van der Waals surface area contributed by atoms with Crippen molar-refractivity contribution in [2.75, 3.05) is 7.11 Å². The van der Waals surface area contributed by atoms with Gasteiger partial charge in [0, 0.05) is 17.0 Å². The number of carbonyl (C=O) groups is 1. The number of nitrogens with one attached hydrogen (secondary N) is 1. The van der Waals surface area contributed by atoms with Gasteiger partial charge >= 0.3 is 11.6 Å². The average Bonchev–Trinajstić information content (AvgIpc) is 3.26. The van der Waals surface area contributed by atoms with E-state index in [0.717, 1.165) is 24.8 Å². The zero-order valence-electron chi connectivity index (χ0n) is 19.3. The van der Waals surface area contributed by atoms with Crippen LogP contribution in [0.5, 0.6) is 5.75 Å². The van der Waals surface area contributed by atoms with Gasteiger partial charge in [0.2, 0.25) is 10.0 Å². The zero-order valence-corrected chi connectivity index (χ0v) is 20.1. The van der Waals surface area contributed by atoms with E-state index in [-0.39, 0.29) is 17.4 Å². The minimum Gasteiger partial charge on any atom is -0.497 e. The Morgan fingerprint density at radius 2 is 1.76 bits per heavy atom. The van der Waals surface area contributed by atoms with Gasteiger partial charge in [-0.1, -0.05) is 13.8 Å². The molecule has 0 spiro atoms. The normalized spacial score (nSPS) is 14.2. The van der Waals surface area contributed by atoms with Gasteiger partial charge in [-0.2, -0.15) is 4.72 Å². The standard InChI is InChI=1S/C25H27NO7S/c1-15(2)24(26-34(29,30)20-9-7-19(31-3)8-10-20)25(28)32-14-18-13-23(27)33-22-12-17-6-4-5-16(17)11-21(18)22/h7-13,15,24,26H,4-6,14H2,1-3H3/t24-/m0/s1. The Balaban J connectivity index is 1.53. The first-order chi connectivity index (χ1) is 16.2. The molecule has 0 radical (unpaired) electrons. The zero-order chi connectivity index (χ0) is 24.5. The third-order valence-electron chi connectivity index (χ3n) is 5.99. The molecule has 180 valence electrons. The van der Waals surface area contributed by atoms with Crippen LogP contribution in [0.2, 0.25) is 0 Å². The van der Waals surface area contributed by atoms with Crippen LogP contribution in [0.15, 0.2) is 56.6 Å². The van der Waals surface area contributed by atoms with E-state index in [0.29, 0.717) is 22.3 Å². The van der Waals surface area contributed by atoms with Gasteiger partial charge in [0.1, 0.15) is 24.0 Å². The second kappa shape index (κ2) is 9.60. The summed E-state index contributed by atoms with van der Waals surface area (Å²) in [5, 5.41) is 0.716. The molecule has 0 aliphatic heterocycles. The van der Waals surface area contributed by atoms with E-state index < -0.39 is 27.7 Å². The van der Waals surface area contributed by atoms with Crippen molar-refractivity contribution < 1.29 is 27.1 Å². The predicted octanol–water partition coefficient (Wildman–Crippen LogP) is 3.34. The molecule has 1 atom stereocenters. The lowest BCUT2D eigenvalue weighted by molar-refractivity contribution is -0.148. The highest BCUT2D eigenvalue weighted by atomic mass is 32.2. The molecule has 1 aliphatic rings. The summed E-state index contributed by atoms with van der Waals surface area (Å²) in [4.78, 5) is 25.0. The van der Waals surface area contributed by atoms with Crippen molar-refractivity contribution in [3.05, 3.63) is 69.6 Å². The number of fused-ring (bicyclic) bond motifs is 2. The van der Waals surface area contributed by atoms with Crippen molar-refractivity contribution in [2.24, 2.45) is 5.92 Å². The Bertz CT molecular complexity index is 1370. The number of esters is 1. The summed E-state index contributed by atoms with van der Waals surface area (Å²) in [6, 6.07) is 9.92. The van der Waals surface area contributed by atoms with Gasteiger partial charge in [-0.3, -0.25) is 4.79 Å². The molecule has 8 nitrogen and oxygen atoms in total. The van der Waals surface area contributed by atoms with E-state index in [2.05, 4.69) is 4.72 Å². The molecule has 9 heteroatoms. The first-order valence-electron chi connectivity index (χ1n) is 11.1. The highest BCUT2D eigenvalue weighted by Crippen LogP contribution is 2.29. The highest BCUT2D eigenvalue weighted by molar-refractivity contribution is 7.89. The quantitative estimate of drug-likeness (QED) is 0.385. The topological polar surface area (TPSA) is 112 Å². The molecule has 2 aromatic carbocycles. The van der Waals surface area contributed by atoms with Crippen LogP contribution in [0.1, 0.15) is 37.0 Å². The molecule has 0 amide bonds. The molecule has 0 unspecified atom stereocenters. The average molecular weight is 486 g/mol. The van der Waals surface area contributed by atoms with Crippen molar-refractivity contribution in [3.8, 4) is 5.75 Å². The van der Waals surface area contributed by atoms with Crippen molar-refractivity contribution in [3.63, 3.8) is 0 Å². The minimum atomic E-state index is -3.98. The number of carbonyl (C=O) groups excluding carboxylic acids is 1. The van der Waals surface area contributed by atoms with Gasteiger partial charge in [-0.15, -0.1) is 0 Å². The van der Waals surface area contributed by atoms with Gasteiger partial charge in [-0.05, 0) is 72.7 Å². The fourth-order valence-corrected chi connectivity index (χ4v) is 5.43. The van der Waals surface area contributed by atoms with E-state index in [1.165, 1.54) is 43.0 Å². The first kappa shape index (κ1) is 24.0. The van der Waals surface area contributed by atoms with Gasteiger partial charge in [-0.25, -0.2) is 13.2 Å². The summed E-state index contributed by atoms with van der Waals surface area (Å²) in [7, 11) is -2.49. The largest absolute Gasteiger partial charge is 0.497 e. The smallest absolute Gasteiger partial charge is 0.336 e. The number of methoxy groups -OCH3 is 1. The Labute approximate surface area is 197 Å². The van der Waals surface area contributed by atoms with E-state index in [9.17, 15) is 18.0 Å². The molecule has 1 N–H and O–H groups in total. The van der Waals surface area contributed by atoms with Crippen LogP contribution in [0, 0.1) is 5.92 Å². The summed E-state index contributed by atoms with van der Waals surface area (Å²) in [5.41, 5.74) is 2.81. The Kier molecular flexibility index (Phi) is 6.77. The molecular formula is C25H27NO7S. The van der Waals surface area contributed by atoms with E-state index >= 15 is 0 Å². The van der Waals surface area contributed by atoms with Crippen LogP contribution in [0.3, 0.4) is 0 Å². The minimum absolute atomic E-state index is 0.00673. The Hall–Kier alpha value is -3.17. The Morgan fingerprint density at radius 1 is 1.09 bits per heavy atom. The molecule has 0 fully saturated rings. The summed E-state index contributed by atoms with van der Waals surface area (Å²) >= 11 is 0. The van der Waals surface area contributed by atoms with Crippen LogP contribution in [-0.4, -0.2) is 27.5 Å². The third-order valence-corrected chi connectivity index (χ3v) is 7.44. The number of hydrogen-bond acceptors (Lipinski definition) is 7. The number of sulfonamides is 1. The van der Waals surface area contributed by atoms with Crippen LogP contribution in [0.25, 0.3) is 11.0 Å². The molecular weight excluding hydrogens is 458 g/mol. The number of ether oxygens (including phenoxy) is 2. The molecule has 34 heavy (non-hydrogen) atoms. The van der Waals surface area contributed by atoms with Gasteiger partial charge in [0.05, 0.1) is 12.0 Å². The summed E-state index contributed by atoms with van der Waals surface area (Å²) in [5.74, 6) is -0.583. The summed E-state index contributed by atoms with van der Waals surface area (Å²) in [6.45, 7) is 3.27. The third kappa shape index (κ3) is 5.00. The molecule has 1 heterocycles. The van der Waals surface area contributed by atoms with Crippen molar-refractivity contribution >= 4 is 27.0 Å². The van der Waals surface area contributed by atoms with Gasteiger partial charge in [0.25, 0.3) is 0 Å². The van der Waals surface area contributed by atoms with Crippen molar-refractivity contribution in [1.29, 1.82) is 0 Å². The van der Waals surface area contributed by atoms with Crippen molar-refractivity contribution in [1.82, 2.24) is 4.72 Å². The number of hydrogen-bond donors (Lipinski definition) is 1. The van der Waals surface area contributed by atoms with Gasteiger partial charge < -0.3 is 13.9 Å². The maximum atomic E-state index is 12.9. The van der Waals surface area contributed by atoms with Crippen LogP contribution >= 0.6 is 0 Å². The van der Waals surface area contributed by atoms with Gasteiger partial charge in [0.15, 0.2) is 0 Å². The van der Waals surface area contributed by atoms with Crippen LogP contribution in [-0.2, 0) is 39.0 Å². The summed E-state index contributed by atoms with van der Waals surface area (Å²) in [6.07, 6.45) is 2.94. The van der Waals surface area contributed by atoms with Crippen LogP contribution in [0.4, 0.5) is 0 Å². The second-order valence-corrected chi connectivity index (χ2v) is 10.4. The predicted molar refractivity (Wildman–Crippen MR) is 126 cm³/mol. The molecule has 3 aromatic rings. The SMILES string of the molecule is COc1ccc(S(=O)(=O)N[C@H](C(=O)OCc2cc(=O)oc3cc4c(cc23)CCC4)C(C)C)cc1. The molecule has 0 bridgehead atoms. The maximum Gasteiger partial charge on any atom is 0.336 e. The van der Waals surface area contributed by atoms with E-state index in [4.69, 9.17) is 13.9 Å². The lowest BCUT2D eigenvalue weighted by Crippen LogP contribution is -2.45.